The fraction of sp³-hybridized carbons (Fsp3) is 0.308. The number of hydrogen-bond donors (Lipinski definition) is 0. The minimum absolute atomic E-state index is 0.222. The molecular weight excluding hydrogens is 298 g/mol. The summed E-state index contributed by atoms with van der Waals surface area (Å²) in [6.07, 6.45) is -0.391. The summed E-state index contributed by atoms with van der Waals surface area (Å²) in [7, 11) is 0. The molecule has 5 heteroatoms. The highest BCUT2D eigenvalue weighted by atomic mass is 79.9. The number of ether oxygens (including phenoxy) is 1. The van der Waals surface area contributed by atoms with Gasteiger partial charge in [-0.15, -0.1) is 0 Å². The average molecular weight is 312 g/mol. The molecule has 0 radical (unpaired) electrons. The largest absolute Gasteiger partial charge is 0.425 e. The molecule has 0 atom stereocenters. The number of fused-ring (bicyclic) bond motifs is 1. The fourth-order valence-electron chi connectivity index (χ4n) is 1.67. The molecular formula is C13H14BrNO3. The molecule has 96 valence electrons. The lowest BCUT2D eigenvalue weighted by Gasteiger charge is -2.16. The third-order valence-corrected chi connectivity index (χ3v) is 3.16. The van der Waals surface area contributed by atoms with Gasteiger partial charge in [0.15, 0.2) is 0 Å². The lowest BCUT2D eigenvalue weighted by molar-refractivity contribution is 0.147. The number of nitrogens with zero attached hydrogens (tertiary/aromatic N) is 1. The van der Waals surface area contributed by atoms with E-state index in [1.165, 1.54) is 0 Å². The summed E-state index contributed by atoms with van der Waals surface area (Å²) < 4.78 is 11.6. The normalized spacial score (nSPS) is 10.6. The van der Waals surface area contributed by atoms with Crippen molar-refractivity contribution < 1.29 is 13.9 Å². The molecule has 2 rings (SSSR count). The first-order chi connectivity index (χ1) is 8.63. The first-order valence-electron chi connectivity index (χ1n) is 5.80. The van der Waals surface area contributed by atoms with Crippen LogP contribution in [-0.2, 0) is 0 Å². The predicted molar refractivity (Wildman–Crippen MR) is 72.9 cm³/mol. The topological polar surface area (TPSA) is 42.7 Å². The van der Waals surface area contributed by atoms with E-state index in [4.69, 9.17) is 9.15 Å². The summed E-state index contributed by atoms with van der Waals surface area (Å²) in [5, 5.41) is 0.895. The second-order valence-corrected chi connectivity index (χ2v) is 4.70. The molecule has 0 saturated heterocycles. The van der Waals surface area contributed by atoms with Crippen molar-refractivity contribution in [2.24, 2.45) is 0 Å². The van der Waals surface area contributed by atoms with Crippen molar-refractivity contribution in [2.75, 3.05) is 13.1 Å². The van der Waals surface area contributed by atoms with Crippen molar-refractivity contribution in [2.45, 2.75) is 13.8 Å². The zero-order chi connectivity index (χ0) is 13.1. The Kier molecular flexibility index (Phi) is 3.91. The lowest BCUT2D eigenvalue weighted by Crippen LogP contribution is -2.32. The van der Waals surface area contributed by atoms with Gasteiger partial charge in [0.25, 0.3) is 5.95 Å². The molecule has 0 aliphatic carbocycles. The molecule has 0 fully saturated rings. The van der Waals surface area contributed by atoms with E-state index in [9.17, 15) is 4.79 Å². The van der Waals surface area contributed by atoms with Crippen LogP contribution in [0.2, 0.25) is 0 Å². The van der Waals surface area contributed by atoms with E-state index in [-0.39, 0.29) is 5.95 Å². The van der Waals surface area contributed by atoms with Crippen LogP contribution in [0.25, 0.3) is 11.0 Å². The van der Waals surface area contributed by atoms with Gasteiger partial charge in [0.1, 0.15) is 5.58 Å². The minimum Gasteiger partial charge on any atom is -0.425 e. The maximum Gasteiger partial charge on any atom is 0.417 e. The first kappa shape index (κ1) is 13.0. The van der Waals surface area contributed by atoms with Crippen molar-refractivity contribution >= 4 is 33.0 Å². The Labute approximate surface area is 114 Å². The summed E-state index contributed by atoms with van der Waals surface area (Å²) in [4.78, 5) is 13.3. The molecule has 1 heterocycles. The highest BCUT2D eigenvalue weighted by Crippen LogP contribution is 2.27. The van der Waals surface area contributed by atoms with Crippen molar-refractivity contribution in [3.8, 4) is 5.95 Å². The Balaban J connectivity index is 2.19. The third-order valence-electron chi connectivity index (χ3n) is 2.67. The number of furan rings is 1. The van der Waals surface area contributed by atoms with Crippen LogP contribution in [0.4, 0.5) is 4.79 Å². The number of rotatable bonds is 3. The van der Waals surface area contributed by atoms with Gasteiger partial charge in [-0.3, -0.25) is 0 Å². The predicted octanol–water partition coefficient (Wildman–Crippen LogP) is 4.04. The molecule has 0 unspecified atom stereocenters. The van der Waals surface area contributed by atoms with Crippen molar-refractivity contribution in [1.82, 2.24) is 4.90 Å². The summed E-state index contributed by atoms with van der Waals surface area (Å²) >= 11 is 3.38. The molecule has 0 N–H and O–H groups in total. The van der Waals surface area contributed by atoms with Gasteiger partial charge < -0.3 is 14.1 Å². The second-order valence-electron chi connectivity index (χ2n) is 3.79. The van der Waals surface area contributed by atoms with Gasteiger partial charge >= 0.3 is 6.09 Å². The highest BCUT2D eigenvalue weighted by molar-refractivity contribution is 9.10. The quantitative estimate of drug-likeness (QED) is 0.859. The number of amides is 1. The van der Waals surface area contributed by atoms with Crippen LogP contribution in [0.1, 0.15) is 13.8 Å². The Morgan fingerprint density at radius 2 is 2.06 bits per heavy atom. The zero-order valence-electron chi connectivity index (χ0n) is 10.3. The monoisotopic (exact) mass is 311 g/mol. The van der Waals surface area contributed by atoms with Gasteiger partial charge in [-0.25, -0.2) is 4.79 Å². The molecule has 1 aromatic heterocycles. The van der Waals surface area contributed by atoms with Gasteiger partial charge in [-0.2, -0.15) is 0 Å². The van der Waals surface area contributed by atoms with Crippen LogP contribution in [0, 0.1) is 0 Å². The lowest BCUT2D eigenvalue weighted by atomic mass is 10.3. The number of carbonyl (C=O) groups excluding carboxylic acids is 1. The Hall–Kier alpha value is -1.49. The van der Waals surface area contributed by atoms with E-state index in [1.807, 2.05) is 32.0 Å². The van der Waals surface area contributed by atoms with Gasteiger partial charge in [0.2, 0.25) is 0 Å². The smallest absolute Gasteiger partial charge is 0.417 e. The summed E-state index contributed by atoms with van der Waals surface area (Å²) in [6.45, 7) is 5.03. The summed E-state index contributed by atoms with van der Waals surface area (Å²) in [5.41, 5.74) is 0.695. The minimum atomic E-state index is -0.391. The van der Waals surface area contributed by atoms with Gasteiger partial charge in [0, 0.05) is 29.0 Å². The molecule has 4 nitrogen and oxygen atoms in total. The van der Waals surface area contributed by atoms with E-state index in [0.717, 1.165) is 9.86 Å². The van der Waals surface area contributed by atoms with Crippen LogP contribution in [0.3, 0.4) is 0 Å². The van der Waals surface area contributed by atoms with Gasteiger partial charge in [-0.05, 0) is 32.0 Å². The van der Waals surface area contributed by atoms with Crippen LogP contribution in [0.5, 0.6) is 5.95 Å². The number of benzene rings is 1. The maximum atomic E-state index is 11.8. The molecule has 0 saturated carbocycles. The van der Waals surface area contributed by atoms with Crippen molar-refractivity contribution in [3.63, 3.8) is 0 Å². The molecule has 0 spiro atoms. The summed E-state index contributed by atoms with van der Waals surface area (Å²) in [6, 6.07) is 7.32. The van der Waals surface area contributed by atoms with Crippen LogP contribution < -0.4 is 4.74 Å². The first-order valence-corrected chi connectivity index (χ1v) is 6.59. The van der Waals surface area contributed by atoms with Gasteiger partial charge in [-0.1, -0.05) is 15.9 Å². The molecule has 0 bridgehead atoms. The maximum absolute atomic E-state index is 11.8. The SMILES string of the molecule is CCN(CC)C(=O)Oc1cc2cc(Br)ccc2o1. The van der Waals surface area contributed by atoms with E-state index in [1.54, 1.807) is 11.0 Å². The van der Waals surface area contributed by atoms with E-state index in [2.05, 4.69) is 15.9 Å². The Bertz CT molecular complexity index is 560. The molecule has 1 aromatic carbocycles. The van der Waals surface area contributed by atoms with Crippen molar-refractivity contribution in [1.29, 1.82) is 0 Å². The number of hydrogen-bond acceptors (Lipinski definition) is 3. The molecule has 0 aliphatic rings. The Morgan fingerprint density at radius 1 is 1.33 bits per heavy atom. The highest BCUT2D eigenvalue weighted by Gasteiger charge is 2.14. The molecule has 0 aliphatic heterocycles. The molecule has 18 heavy (non-hydrogen) atoms. The van der Waals surface area contributed by atoms with Crippen LogP contribution in [-0.4, -0.2) is 24.1 Å². The molecule has 2 aromatic rings. The fourth-order valence-corrected chi connectivity index (χ4v) is 2.05. The van der Waals surface area contributed by atoms with Crippen LogP contribution >= 0.6 is 15.9 Å². The molecule has 1 amide bonds. The number of halogens is 1. The Morgan fingerprint density at radius 3 is 2.72 bits per heavy atom. The van der Waals surface area contributed by atoms with Gasteiger partial charge in [0.05, 0.1) is 0 Å². The zero-order valence-corrected chi connectivity index (χ0v) is 11.9. The van der Waals surface area contributed by atoms with E-state index < -0.39 is 6.09 Å². The van der Waals surface area contributed by atoms with E-state index in [0.29, 0.717) is 18.7 Å². The summed E-state index contributed by atoms with van der Waals surface area (Å²) in [5.74, 6) is 0.222. The number of carbonyl (C=O) groups is 1. The standard InChI is InChI=1S/C13H14BrNO3/c1-3-15(4-2)13(16)18-12-8-9-7-10(14)5-6-11(9)17-12/h5-8H,3-4H2,1-2H3. The van der Waals surface area contributed by atoms with E-state index >= 15 is 0 Å². The van der Waals surface area contributed by atoms with Crippen molar-refractivity contribution in [3.05, 3.63) is 28.7 Å². The van der Waals surface area contributed by atoms with Crippen LogP contribution in [0.15, 0.2) is 33.2 Å². The third kappa shape index (κ3) is 2.67. The average Bonchev–Trinajstić information content (AvgIpc) is 2.71. The second kappa shape index (κ2) is 5.44.